The zero-order valence-electron chi connectivity index (χ0n) is 14.9. The second-order valence-corrected chi connectivity index (χ2v) is 7.20. The van der Waals surface area contributed by atoms with E-state index >= 15 is 0 Å². The molecule has 0 aromatic carbocycles. The number of hydrogen-bond acceptors (Lipinski definition) is 5. The summed E-state index contributed by atoms with van der Waals surface area (Å²) in [6.07, 6.45) is 6.89. The van der Waals surface area contributed by atoms with E-state index < -0.39 is 0 Å². The number of fused-ring (bicyclic) bond motifs is 1. The van der Waals surface area contributed by atoms with Gasteiger partial charge in [0.15, 0.2) is 0 Å². The average Bonchev–Trinajstić information content (AvgIpc) is 3.29. The van der Waals surface area contributed by atoms with Crippen LogP contribution < -0.4 is 10.6 Å². The third-order valence-corrected chi connectivity index (χ3v) is 5.38. The second kappa shape index (κ2) is 6.37. The van der Waals surface area contributed by atoms with Gasteiger partial charge in [0.05, 0.1) is 29.7 Å². The minimum absolute atomic E-state index is 0.164. The van der Waals surface area contributed by atoms with Crippen LogP contribution in [0.3, 0.4) is 0 Å². The zero-order valence-corrected chi connectivity index (χ0v) is 14.9. The summed E-state index contributed by atoms with van der Waals surface area (Å²) in [7, 11) is 1.76. The van der Waals surface area contributed by atoms with Crippen molar-refractivity contribution in [3.8, 4) is 11.4 Å². The number of ether oxygens (including phenoxy) is 1. The quantitative estimate of drug-likeness (QED) is 0.741. The number of imidazole rings is 1. The fourth-order valence-corrected chi connectivity index (χ4v) is 3.74. The smallest absolute Gasteiger partial charge is 0.137 e. The maximum Gasteiger partial charge on any atom is 0.137 e. The number of pyridine rings is 2. The highest BCUT2D eigenvalue weighted by molar-refractivity contribution is 5.62. The van der Waals surface area contributed by atoms with Gasteiger partial charge in [0.1, 0.15) is 11.5 Å². The first-order chi connectivity index (χ1) is 12.8. The minimum Gasteiger partial charge on any atom is -0.378 e. The summed E-state index contributed by atoms with van der Waals surface area (Å²) < 4.78 is 7.69. The van der Waals surface area contributed by atoms with Crippen LogP contribution in [0, 0.1) is 0 Å². The lowest BCUT2D eigenvalue weighted by molar-refractivity contribution is 0.111. The molecular formula is C20H23N5O. The maximum absolute atomic E-state index is 5.53. The van der Waals surface area contributed by atoms with Crippen molar-refractivity contribution in [2.75, 3.05) is 25.5 Å². The highest BCUT2D eigenvalue weighted by Gasteiger charge is 2.27. The summed E-state index contributed by atoms with van der Waals surface area (Å²) >= 11 is 0. The molecule has 2 N–H and O–H groups in total. The minimum atomic E-state index is 0.164. The van der Waals surface area contributed by atoms with Gasteiger partial charge >= 0.3 is 0 Å². The number of hydrogen-bond donors (Lipinski definition) is 2. The molecular weight excluding hydrogens is 326 g/mol. The molecule has 3 aromatic rings. The molecule has 1 saturated carbocycles. The van der Waals surface area contributed by atoms with Crippen LogP contribution in [0.2, 0.25) is 0 Å². The van der Waals surface area contributed by atoms with Gasteiger partial charge in [-0.2, -0.15) is 0 Å². The first-order valence-electron chi connectivity index (χ1n) is 9.26. The maximum atomic E-state index is 5.53. The highest BCUT2D eigenvalue weighted by atomic mass is 16.5. The summed E-state index contributed by atoms with van der Waals surface area (Å²) in [4.78, 5) is 9.38. The molecule has 4 heterocycles. The van der Waals surface area contributed by atoms with E-state index in [1.165, 1.54) is 18.4 Å². The molecule has 0 spiro atoms. The van der Waals surface area contributed by atoms with Crippen LogP contribution in [0.5, 0.6) is 0 Å². The molecule has 0 radical (unpaired) electrons. The molecule has 6 nitrogen and oxygen atoms in total. The van der Waals surface area contributed by atoms with Crippen molar-refractivity contribution in [1.29, 1.82) is 0 Å². The van der Waals surface area contributed by atoms with E-state index in [9.17, 15) is 0 Å². The molecule has 0 amide bonds. The molecule has 1 aliphatic heterocycles. The molecule has 0 bridgehead atoms. The fourth-order valence-electron chi connectivity index (χ4n) is 3.74. The van der Waals surface area contributed by atoms with Gasteiger partial charge in [0.25, 0.3) is 0 Å². The average molecular weight is 349 g/mol. The predicted octanol–water partition coefficient (Wildman–Crippen LogP) is 2.67. The molecule has 6 heteroatoms. The fraction of sp³-hybridized carbons (Fsp3) is 0.400. The van der Waals surface area contributed by atoms with Crippen molar-refractivity contribution in [3.63, 3.8) is 0 Å². The van der Waals surface area contributed by atoms with E-state index in [1.807, 2.05) is 24.4 Å². The Bertz CT molecular complexity index is 933. The lowest BCUT2D eigenvalue weighted by Gasteiger charge is -2.19. The molecule has 1 saturated heterocycles. The van der Waals surface area contributed by atoms with Crippen LogP contribution in [-0.4, -0.2) is 46.7 Å². The molecule has 2 unspecified atom stereocenters. The first-order valence-corrected chi connectivity index (χ1v) is 9.26. The van der Waals surface area contributed by atoms with Crippen LogP contribution in [0.25, 0.3) is 17.0 Å². The summed E-state index contributed by atoms with van der Waals surface area (Å²) in [5.41, 5.74) is 4.31. The summed E-state index contributed by atoms with van der Waals surface area (Å²) in [5, 5.41) is 6.86. The number of aromatic nitrogens is 3. The molecule has 134 valence electrons. The second-order valence-electron chi connectivity index (χ2n) is 7.20. The van der Waals surface area contributed by atoms with Gasteiger partial charge in [0, 0.05) is 26.4 Å². The molecule has 1 aliphatic carbocycles. The third kappa shape index (κ3) is 2.85. The van der Waals surface area contributed by atoms with Crippen molar-refractivity contribution in [3.05, 3.63) is 48.3 Å². The van der Waals surface area contributed by atoms with E-state index in [4.69, 9.17) is 9.72 Å². The van der Waals surface area contributed by atoms with Crippen molar-refractivity contribution in [1.82, 2.24) is 19.7 Å². The number of rotatable bonds is 5. The van der Waals surface area contributed by atoms with Crippen molar-refractivity contribution >= 4 is 11.5 Å². The Balaban J connectivity index is 1.46. The standard InChI is InChI=1S/C20H23N5O/c1-26-18-11-21-9-16(18)24-19-4-2-3-15(23-19)17-10-22-20-8-7-14(12-25(17)20)13-5-6-13/h2-4,7-8,10,12-13,16,18,21H,5-6,9,11H2,1H3,(H,23,24). The topological polar surface area (TPSA) is 63.5 Å². The SMILES string of the molecule is COC1CNCC1Nc1cccc(-c2cnc3ccc(C4CC4)cn23)n1. The molecule has 5 rings (SSSR count). The van der Waals surface area contributed by atoms with Gasteiger partial charge in [-0.15, -0.1) is 0 Å². The normalized spacial score (nSPS) is 22.8. The van der Waals surface area contributed by atoms with Crippen LogP contribution in [0.1, 0.15) is 24.3 Å². The van der Waals surface area contributed by atoms with Crippen LogP contribution in [-0.2, 0) is 4.74 Å². The first kappa shape index (κ1) is 15.8. The highest BCUT2D eigenvalue weighted by Crippen LogP contribution is 2.40. The Morgan fingerprint density at radius 3 is 2.96 bits per heavy atom. The number of anilines is 1. The Kier molecular flexibility index (Phi) is 3.87. The van der Waals surface area contributed by atoms with E-state index in [1.54, 1.807) is 7.11 Å². The number of nitrogens with one attached hydrogen (secondary N) is 2. The van der Waals surface area contributed by atoms with Gasteiger partial charge in [-0.3, -0.25) is 4.40 Å². The largest absolute Gasteiger partial charge is 0.378 e. The van der Waals surface area contributed by atoms with Crippen LogP contribution in [0.4, 0.5) is 5.82 Å². The molecule has 26 heavy (non-hydrogen) atoms. The van der Waals surface area contributed by atoms with Crippen LogP contribution >= 0.6 is 0 Å². The third-order valence-electron chi connectivity index (χ3n) is 5.38. The Hall–Kier alpha value is -2.44. The van der Waals surface area contributed by atoms with Gasteiger partial charge in [-0.05, 0) is 42.5 Å². The van der Waals surface area contributed by atoms with Gasteiger partial charge in [-0.1, -0.05) is 12.1 Å². The Labute approximate surface area is 152 Å². The van der Waals surface area contributed by atoms with E-state index in [0.717, 1.165) is 41.9 Å². The lowest BCUT2D eigenvalue weighted by Crippen LogP contribution is -2.33. The van der Waals surface area contributed by atoms with Crippen LogP contribution in [0.15, 0.2) is 42.7 Å². The van der Waals surface area contributed by atoms with Crippen molar-refractivity contribution in [2.24, 2.45) is 0 Å². The number of nitrogens with zero attached hydrogens (tertiary/aromatic N) is 3. The van der Waals surface area contributed by atoms with Crippen molar-refractivity contribution < 1.29 is 4.74 Å². The van der Waals surface area contributed by atoms with E-state index in [2.05, 4.69) is 38.3 Å². The number of methoxy groups -OCH3 is 1. The monoisotopic (exact) mass is 349 g/mol. The predicted molar refractivity (Wildman–Crippen MR) is 101 cm³/mol. The molecule has 2 fully saturated rings. The van der Waals surface area contributed by atoms with E-state index in [0.29, 0.717) is 0 Å². The Morgan fingerprint density at radius 2 is 2.12 bits per heavy atom. The summed E-state index contributed by atoms with van der Waals surface area (Å²) in [5.74, 6) is 1.59. The zero-order chi connectivity index (χ0) is 17.5. The van der Waals surface area contributed by atoms with Gasteiger partial charge in [-0.25, -0.2) is 9.97 Å². The van der Waals surface area contributed by atoms with E-state index in [-0.39, 0.29) is 12.1 Å². The summed E-state index contributed by atoms with van der Waals surface area (Å²) in [6.45, 7) is 1.75. The van der Waals surface area contributed by atoms with Gasteiger partial charge in [0.2, 0.25) is 0 Å². The Morgan fingerprint density at radius 1 is 1.19 bits per heavy atom. The molecule has 2 atom stereocenters. The molecule has 3 aromatic heterocycles. The molecule has 2 aliphatic rings. The lowest BCUT2D eigenvalue weighted by atomic mass is 10.2. The van der Waals surface area contributed by atoms with Gasteiger partial charge < -0.3 is 15.4 Å². The summed E-state index contributed by atoms with van der Waals surface area (Å²) in [6, 6.07) is 10.6. The van der Waals surface area contributed by atoms with Crippen molar-refractivity contribution in [2.45, 2.75) is 30.9 Å².